The van der Waals surface area contributed by atoms with Crippen molar-refractivity contribution in [2.75, 3.05) is 40.8 Å². The predicted molar refractivity (Wildman–Crippen MR) is 113 cm³/mol. The Hall–Kier alpha value is -3.15. The van der Waals surface area contributed by atoms with Gasteiger partial charge in [0, 0.05) is 18.7 Å². The van der Waals surface area contributed by atoms with Crippen molar-refractivity contribution in [1.29, 1.82) is 5.26 Å². The number of likely N-dealkylation sites (N-methyl/N-ethyl adjacent to an activating group) is 1. The van der Waals surface area contributed by atoms with E-state index in [1.54, 1.807) is 0 Å². The molecule has 0 aliphatic heterocycles. The molecule has 1 N–H and O–H groups in total. The SMILES string of the molecule is Cc1cc(CCNCC[N+](C)(C)C)ccc1N=Nc1ccc([N+](=O)[O-])cc1C#N. The largest absolute Gasteiger partial charge is 0.330 e. The zero-order valence-electron chi connectivity index (χ0n) is 17.3. The van der Waals surface area contributed by atoms with Gasteiger partial charge in [-0.3, -0.25) is 10.1 Å². The molecule has 2 aromatic rings. The molecule has 0 atom stereocenters. The maximum atomic E-state index is 10.8. The molecule has 29 heavy (non-hydrogen) atoms. The van der Waals surface area contributed by atoms with E-state index >= 15 is 0 Å². The van der Waals surface area contributed by atoms with E-state index in [1.807, 2.05) is 25.1 Å². The van der Waals surface area contributed by atoms with Crippen LogP contribution >= 0.6 is 0 Å². The normalized spacial score (nSPS) is 11.6. The quantitative estimate of drug-likeness (QED) is 0.228. The highest BCUT2D eigenvalue weighted by atomic mass is 16.6. The first kappa shape index (κ1) is 22.1. The Bertz CT molecular complexity index is 941. The molecule has 0 heterocycles. The van der Waals surface area contributed by atoms with Gasteiger partial charge in [0.2, 0.25) is 0 Å². The molecule has 0 saturated heterocycles. The van der Waals surface area contributed by atoms with Crippen molar-refractivity contribution in [3.8, 4) is 6.07 Å². The van der Waals surface area contributed by atoms with Crippen molar-refractivity contribution >= 4 is 17.1 Å². The van der Waals surface area contributed by atoms with Gasteiger partial charge in [-0.2, -0.15) is 10.4 Å². The third-order valence-corrected chi connectivity index (χ3v) is 4.39. The van der Waals surface area contributed by atoms with Crippen molar-refractivity contribution < 1.29 is 9.41 Å². The van der Waals surface area contributed by atoms with Crippen LogP contribution in [0.25, 0.3) is 0 Å². The maximum absolute atomic E-state index is 10.8. The number of nitrogens with zero attached hydrogens (tertiary/aromatic N) is 5. The molecule has 0 saturated carbocycles. The van der Waals surface area contributed by atoms with E-state index in [2.05, 4.69) is 42.8 Å². The second-order valence-corrected chi connectivity index (χ2v) is 7.91. The molecule has 2 rings (SSSR count). The number of azo groups is 1. The molecule has 0 spiro atoms. The van der Waals surface area contributed by atoms with Crippen LogP contribution < -0.4 is 5.32 Å². The molecule has 152 valence electrons. The molecule has 8 heteroatoms. The standard InChI is InChI=1S/C21H27N6O2/c1-16-13-17(9-10-23-11-12-27(2,3)4)5-7-20(16)24-25-21-8-6-19(26(28)29)14-18(21)15-22/h5-8,13-14,23H,9-12H2,1-4H3/q+1. The van der Waals surface area contributed by atoms with Crippen LogP contribution in [-0.2, 0) is 6.42 Å². The van der Waals surface area contributed by atoms with Crippen LogP contribution in [0.4, 0.5) is 17.1 Å². The number of nitrogens with one attached hydrogen (secondary N) is 1. The Labute approximate surface area is 171 Å². The van der Waals surface area contributed by atoms with Crippen LogP contribution in [0.2, 0.25) is 0 Å². The van der Waals surface area contributed by atoms with Crippen molar-refractivity contribution in [1.82, 2.24) is 5.32 Å². The number of quaternary nitrogens is 1. The minimum absolute atomic E-state index is 0.122. The van der Waals surface area contributed by atoms with Gasteiger partial charge < -0.3 is 9.80 Å². The third kappa shape index (κ3) is 7.07. The number of nitriles is 1. The molecular formula is C21H27N6O2+. The minimum Gasteiger partial charge on any atom is -0.330 e. The number of nitro groups is 1. The molecule has 0 bridgehead atoms. The van der Waals surface area contributed by atoms with Gasteiger partial charge in [-0.15, -0.1) is 5.11 Å². The molecule has 0 aliphatic carbocycles. The Balaban J connectivity index is 2.00. The highest BCUT2D eigenvalue weighted by molar-refractivity contribution is 5.58. The Kier molecular flexibility index (Phi) is 7.53. The van der Waals surface area contributed by atoms with E-state index in [0.717, 1.165) is 36.1 Å². The lowest BCUT2D eigenvalue weighted by atomic mass is 10.1. The average molecular weight is 395 g/mol. The van der Waals surface area contributed by atoms with Crippen LogP contribution in [0, 0.1) is 28.4 Å². The maximum Gasteiger partial charge on any atom is 0.270 e. The number of benzene rings is 2. The fourth-order valence-electron chi connectivity index (χ4n) is 2.68. The fourth-order valence-corrected chi connectivity index (χ4v) is 2.68. The summed E-state index contributed by atoms with van der Waals surface area (Å²) in [6.45, 7) is 4.93. The monoisotopic (exact) mass is 395 g/mol. The predicted octanol–water partition coefficient (Wildman–Crippen LogP) is 4.03. The van der Waals surface area contributed by atoms with Crippen molar-refractivity contribution in [3.63, 3.8) is 0 Å². The smallest absolute Gasteiger partial charge is 0.270 e. The molecule has 0 aromatic heterocycles. The first-order valence-electron chi connectivity index (χ1n) is 9.40. The van der Waals surface area contributed by atoms with E-state index < -0.39 is 4.92 Å². The highest BCUT2D eigenvalue weighted by Gasteiger charge is 2.10. The Morgan fingerprint density at radius 2 is 1.79 bits per heavy atom. The van der Waals surface area contributed by atoms with Gasteiger partial charge in [0.05, 0.1) is 43.9 Å². The summed E-state index contributed by atoms with van der Waals surface area (Å²) in [4.78, 5) is 10.3. The van der Waals surface area contributed by atoms with Crippen LogP contribution in [0.3, 0.4) is 0 Å². The molecule has 0 fully saturated rings. The van der Waals surface area contributed by atoms with E-state index in [9.17, 15) is 15.4 Å². The zero-order chi connectivity index (χ0) is 21.4. The summed E-state index contributed by atoms with van der Waals surface area (Å²) in [6, 6.07) is 11.9. The number of rotatable bonds is 9. The lowest BCUT2D eigenvalue weighted by molar-refractivity contribution is -0.869. The van der Waals surface area contributed by atoms with Gasteiger partial charge in [-0.05, 0) is 43.1 Å². The minimum atomic E-state index is -0.540. The summed E-state index contributed by atoms with van der Waals surface area (Å²) >= 11 is 0. The lowest BCUT2D eigenvalue weighted by Gasteiger charge is -2.23. The van der Waals surface area contributed by atoms with Crippen molar-refractivity contribution in [2.45, 2.75) is 13.3 Å². The van der Waals surface area contributed by atoms with Crippen LogP contribution in [0.5, 0.6) is 0 Å². The Morgan fingerprint density at radius 3 is 2.41 bits per heavy atom. The fraction of sp³-hybridized carbons (Fsp3) is 0.381. The average Bonchev–Trinajstić information content (AvgIpc) is 2.66. The molecule has 2 aromatic carbocycles. The van der Waals surface area contributed by atoms with Crippen LogP contribution in [-0.4, -0.2) is 50.2 Å². The van der Waals surface area contributed by atoms with Crippen LogP contribution in [0.1, 0.15) is 16.7 Å². The zero-order valence-corrected chi connectivity index (χ0v) is 17.3. The number of aryl methyl sites for hydroxylation is 1. The lowest BCUT2D eigenvalue weighted by Crippen LogP contribution is -2.40. The third-order valence-electron chi connectivity index (χ3n) is 4.39. The number of nitro benzene ring substituents is 1. The molecular weight excluding hydrogens is 368 g/mol. The molecule has 0 unspecified atom stereocenters. The molecule has 0 aliphatic rings. The Morgan fingerprint density at radius 1 is 1.10 bits per heavy atom. The highest BCUT2D eigenvalue weighted by Crippen LogP contribution is 2.27. The summed E-state index contributed by atoms with van der Waals surface area (Å²) in [5.41, 5.74) is 3.19. The molecule has 8 nitrogen and oxygen atoms in total. The van der Waals surface area contributed by atoms with E-state index in [-0.39, 0.29) is 11.3 Å². The van der Waals surface area contributed by atoms with E-state index in [0.29, 0.717) is 11.4 Å². The van der Waals surface area contributed by atoms with Gasteiger partial charge in [-0.25, -0.2) is 0 Å². The summed E-state index contributed by atoms with van der Waals surface area (Å²) in [5, 5.41) is 31.8. The van der Waals surface area contributed by atoms with Crippen molar-refractivity contribution in [2.24, 2.45) is 10.2 Å². The summed E-state index contributed by atoms with van der Waals surface area (Å²) in [5.74, 6) is 0. The van der Waals surface area contributed by atoms with Gasteiger partial charge in [0.15, 0.2) is 0 Å². The first-order chi connectivity index (χ1) is 13.7. The summed E-state index contributed by atoms with van der Waals surface area (Å²) < 4.78 is 0.939. The van der Waals surface area contributed by atoms with Gasteiger partial charge in [-0.1, -0.05) is 12.1 Å². The van der Waals surface area contributed by atoms with Gasteiger partial charge in [0.25, 0.3) is 5.69 Å². The second-order valence-electron chi connectivity index (χ2n) is 7.91. The molecule has 0 amide bonds. The van der Waals surface area contributed by atoms with Gasteiger partial charge in [0.1, 0.15) is 11.8 Å². The topological polar surface area (TPSA) is 104 Å². The number of non-ortho nitro benzene ring substituents is 1. The summed E-state index contributed by atoms with van der Waals surface area (Å²) in [6.07, 6.45) is 0.927. The molecule has 0 radical (unpaired) electrons. The second kappa shape index (κ2) is 9.87. The van der Waals surface area contributed by atoms with Gasteiger partial charge >= 0.3 is 0 Å². The number of hydrogen-bond acceptors (Lipinski definition) is 6. The van der Waals surface area contributed by atoms with Crippen molar-refractivity contribution in [3.05, 3.63) is 63.2 Å². The first-order valence-corrected chi connectivity index (χ1v) is 9.40. The van der Waals surface area contributed by atoms with E-state index in [4.69, 9.17) is 0 Å². The van der Waals surface area contributed by atoms with E-state index in [1.165, 1.54) is 23.8 Å². The summed E-state index contributed by atoms with van der Waals surface area (Å²) in [7, 11) is 6.53. The number of hydrogen-bond donors (Lipinski definition) is 1. The van der Waals surface area contributed by atoms with Crippen LogP contribution in [0.15, 0.2) is 46.6 Å².